The van der Waals surface area contributed by atoms with Gasteiger partial charge in [0.05, 0.1) is 6.54 Å². The molecule has 1 aromatic heterocycles. The van der Waals surface area contributed by atoms with Crippen LogP contribution in [-0.4, -0.2) is 14.8 Å². The Morgan fingerprint density at radius 2 is 1.95 bits per heavy atom. The molecule has 3 rings (SSSR count). The average Bonchev–Trinajstić information content (AvgIpc) is 3.16. The molecule has 0 spiro atoms. The number of nitrogens with two attached hydrogens (primary N) is 1. The van der Waals surface area contributed by atoms with Crippen molar-refractivity contribution in [3.63, 3.8) is 0 Å². The number of hydrogen-bond acceptors (Lipinski definition) is 3. The normalized spacial score (nSPS) is 14.9. The van der Waals surface area contributed by atoms with Crippen LogP contribution in [0, 0.1) is 11.6 Å². The third-order valence-electron chi connectivity index (χ3n) is 3.31. The quantitative estimate of drug-likeness (QED) is 0.918. The lowest BCUT2D eigenvalue weighted by molar-refractivity contribution is 0.499. The van der Waals surface area contributed by atoms with Gasteiger partial charge < -0.3 is 10.3 Å². The summed E-state index contributed by atoms with van der Waals surface area (Å²) in [6.07, 6.45) is 2.35. The fourth-order valence-corrected chi connectivity index (χ4v) is 2.23. The highest BCUT2D eigenvalue weighted by Gasteiger charge is 2.29. The molecule has 1 aliphatic rings. The van der Waals surface area contributed by atoms with Gasteiger partial charge in [-0.3, -0.25) is 0 Å². The number of aromatic nitrogens is 3. The maximum absolute atomic E-state index is 13.7. The minimum Gasteiger partial charge on any atom is -0.324 e. The Hall–Kier alpha value is -1.82. The summed E-state index contributed by atoms with van der Waals surface area (Å²) in [6, 6.07) is 4.53. The molecule has 0 aliphatic heterocycles. The van der Waals surface area contributed by atoms with Crippen molar-refractivity contribution in [1.29, 1.82) is 0 Å². The Kier molecular flexibility index (Phi) is 3.02. The van der Waals surface area contributed by atoms with E-state index in [4.69, 9.17) is 5.73 Å². The maximum Gasteiger partial charge on any atom is 0.162 e. The zero-order chi connectivity index (χ0) is 13.4. The SMILES string of the molecule is NCc1nnc(Cc2cccc(F)c2F)n1C1CC1. The fourth-order valence-electron chi connectivity index (χ4n) is 2.23. The van der Waals surface area contributed by atoms with Crippen LogP contribution in [0.4, 0.5) is 8.78 Å². The van der Waals surface area contributed by atoms with Crippen LogP contribution >= 0.6 is 0 Å². The summed E-state index contributed by atoms with van der Waals surface area (Å²) < 4.78 is 28.8. The van der Waals surface area contributed by atoms with Crippen LogP contribution < -0.4 is 5.73 Å². The number of rotatable bonds is 4. The van der Waals surface area contributed by atoms with Gasteiger partial charge in [0, 0.05) is 12.5 Å². The predicted molar refractivity (Wildman–Crippen MR) is 65.3 cm³/mol. The van der Waals surface area contributed by atoms with Gasteiger partial charge in [-0.25, -0.2) is 8.78 Å². The molecular weight excluding hydrogens is 250 g/mol. The third-order valence-corrected chi connectivity index (χ3v) is 3.31. The molecule has 1 saturated carbocycles. The summed E-state index contributed by atoms with van der Waals surface area (Å²) in [4.78, 5) is 0. The molecule has 0 saturated heterocycles. The summed E-state index contributed by atoms with van der Waals surface area (Å²) in [7, 11) is 0. The van der Waals surface area contributed by atoms with Crippen LogP contribution in [0.3, 0.4) is 0 Å². The van der Waals surface area contributed by atoms with E-state index in [1.54, 1.807) is 6.07 Å². The summed E-state index contributed by atoms with van der Waals surface area (Å²) in [5.74, 6) is -0.307. The zero-order valence-corrected chi connectivity index (χ0v) is 10.3. The summed E-state index contributed by atoms with van der Waals surface area (Å²) in [5.41, 5.74) is 5.91. The van der Waals surface area contributed by atoms with Crippen LogP contribution in [0.1, 0.15) is 36.1 Å². The Bertz CT molecular complexity index is 605. The second-order valence-corrected chi connectivity index (χ2v) is 4.73. The maximum atomic E-state index is 13.7. The zero-order valence-electron chi connectivity index (χ0n) is 10.3. The second-order valence-electron chi connectivity index (χ2n) is 4.73. The van der Waals surface area contributed by atoms with Gasteiger partial charge in [0.25, 0.3) is 0 Å². The number of hydrogen-bond donors (Lipinski definition) is 1. The molecule has 1 fully saturated rings. The number of benzene rings is 1. The highest BCUT2D eigenvalue weighted by Crippen LogP contribution is 2.37. The molecule has 1 aliphatic carbocycles. The van der Waals surface area contributed by atoms with E-state index in [1.165, 1.54) is 6.07 Å². The molecule has 0 amide bonds. The Labute approximate surface area is 109 Å². The molecule has 0 radical (unpaired) electrons. The van der Waals surface area contributed by atoms with Crippen LogP contribution in [0.2, 0.25) is 0 Å². The average molecular weight is 264 g/mol. The molecule has 6 heteroatoms. The summed E-state index contributed by atoms with van der Waals surface area (Å²) in [5, 5.41) is 8.07. The topological polar surface area (TPSA) is 56.7 Å². The Morgan fingerprint density at radius 3 is 2.63 bits per heavy atom. The summed E-state index contributed by atoms with van der Waals surface area (Å²) >= 11 is 0. The molecule has 2 aromatic rings. The predicted octanol–water partition coefficient (Wildman–Crippen LogP) is 1.94. The number of halogens is 2. The Balaban J connectivity index is 1.95. The van der Waals surface area contributed by atoms with E-state index >= 15 is 0 Å². The monoisotopic (exact) mass is 264 g/mol. The largest absolute Gasteiger partial charge is 0.324 e. The van der Waals surface area contributed by atoms with Crippen molar-refractivity contribution in [2.75, 3.05) is 0 Å². The van der Waals surface area contributed by atoms with E-state index in [-0.39, 0.29) is 12.0 Å². The van der Waals surface area contributed by atoms with Crippen molar-refractivity contribution < 1.29 is 8.78 Å². The molecule has 0 unspecified atom stereocenters. The molecular formula is C13H14F2N4. The molecule has 0 bridgehead atoms. The molecule has 1 heterocycles. The first-order valence-electron chi connectivity index (χ1n) is 6.26. The Morgan fingerprint density at radius 1 is 1.21 bits per heavy atom. The highest BCUT2D eigenvalue weighted by atomic mass is 19.2. The molecule has 19 heavy (non-hydrogen) atoms. The lowest BCUT2D eigenvalue weighted by atomic mass is 10.1. The van der Waals surface area contributed by atoms with Gasteiger partial charge in [-0.1, -0.05) is 12.1 Å². The van der Waals surface area contributed by atoms with Crippen molar-refractivity contribution in [3.8, 4) is 0 Å². The molecule has 0 atom stereocenters. The number of nitrogens with zero attached hydrogens (tertiary/aromatic N) is 3. The van der Waals surface area contributed by atoms with Gasteiger partial charge in [0.1, 0.15) is 11.6 Å². The van der Waals surface area contributed by atoms with Crippen LogP contribution in [-0.2, 0) is 13.0 Å². The lowest BCUT2D eigenvalue weighted by Gasteiger charge is -2.08. The molecule has 2 N–H and O–H groups in total. The fraction of sp³-hybridized carbons (Fsp3) is 0.385. The van der Waals surface area contributed by atoms with E-state index in [9.17, 15) is 8.78 Å². The van der Waals surface area contributed by atoms with Crippen LogP contribution in [0.5, 0.6) is 0 Å². The first-order chi connectivity index (χ1) is 9.20. The molecule has 1 aromatic carbocycles. The standard InChI is InChI=1S/C13H14F2N4/c14-10-3-1-2-8(13(10)15)6-11-17-18-12(7-16)19(11)9-4-5-9/h1-3,9H,4-7,16H2. The molecule has 4 nitrogen and oxygen atoms in total. The third kappa shape index (κ3) is 2.23. The minimum atomic E-state index is -0.839. The van der Waals surface area contributed by atoms with Gasteiger partial charge >= 0.3 is 0 Å². The van der Waals surface area contributed by atoms with Crippen molar-refractivity contribution >= 4 is 0 Å². The smallest absolute Gasteiger partial charge is 0.162 e. The van der Waals surface area contributed by atoms with Crippen LogP contribution in [0.15, 0.2) is 18.2 Å². The van der Waals surface area contributed by atoms with Crippen LogP contribution in [0.25, 0.3) is 0 Å². The van der Waals surface area contributed by atoms with Gasteiger partial charge in [-0.05, 0) is 24.5 Å². The van der Waals surface area contributed by atoms with Gasteiger partial charge in [0.2, 0.25) is 0 Å². The van der Waals surface area contributed by atoms with Gasteiger partial charge in [-0.15, -0.1) is 10.2 Å². The van der Waals surface area contributed by atoms with E-state index in [0.717, 1.165) is 18.9 Å². The van der Waals surface area contributed by atoms with Crippen molar-refractivity contribution in [2.24, 2.45) is 5.73 Å². The van der Waals surface area contributed by atoms with E-state index < -0.39 is 11.6 Å². The highest BCUT2D eigenvalue weighted by molar-refractivity contribution is 5.23. The van der Waals surface area contributed by atoms with Crippen molar-refractivity contribution in [2.45, 2.75) is 31.8 Å². The minimum absolute atomic E-state index is 0.229. The van der Waals surface area contributed by atoms with Gasteiger partial charge in [0.15, 0.2) is 11.6 Å². The molecule has 100 valence electrons. The van der Waals surface area contributed by atoms with Crippen molar-refractivity contribution in [1.82, 2.24) is 14.8 Å². The van der Waals surface area contributed by atoms with E-state index in [0.29, 0.717) is 24.2 Å². The van der Waals surface area contributed by atoms with Gasteiger partial charge in [-0.2, -0.15) is 0 Å². The first-order valence-corrected chi connectivity index (χ1v) is 6.26. The van der Waals surface area contributed by atoms with E-state index in [1.807, 2.05) is 4.57 Å². The summed E-state index contributed by atoms with van der Waals surface area (Å²) in [6.45, 7) is 0.301. The van der Waals surface area contributed by atoms with E-state index in [2.05, 4.69) is 10.2 Å². The first kappa shape index (κ1) is 12.2. The lowest BCUT2D eigenvalue weighted by Crippen LogP contribution is -2.10. The second kappa shape index (κ2) is 4.70. The van der Waals surface area contributed by atoms with Crippen molar-refractivity contribution in [3.05, 3.63) is 47.0 Å².